The zero-order valence-electron chi connectivity index (χ0n) is 13.9. The van der Waals surface area contributed by atoms with E-state index in [4.69, 9.17) is 0 Å². The third-order valence-electron chi connectivity index (χ3n) is 3.86. The number of carbonyl (C=O) groups is 2. The number of hydrogen-bond donors (Lipinski definition) is 3. The fourth-order valence-corrected chi connectivity index (χ4v) is 2.55. The van der Waals surface area contributed by atoms with Crippen LogP contribution in [0.15, 0.2) is 48.8 Å². The molecule has 0 saturated carbocycles. The van der Waals surface area contributed by atoms with E-state index in [2.05, 4.69) is 20.6 Å². The molecule has 0 bridgehead atoms. The lowest BCUT2D eigenvalue weighted by atomic mass is 10.1. The van der Waals surface area contributed by atoms with E-state index in [1.807, 2.05) is 0 Å². The van der Waals surface area contributed by atoms with Gasteiger partial charge in [-0.25, -0.2) is 4.98 Å². The Bertz CT molecular complexity index is 982. The largest absolute Gasteiger partial charge is 0.417 e. The molecule has 0 radical (unpaired) electrons. The number of aromatic amines is 1. The Morgan fingerprint density at radius 3 is 2.44 bits per heavy atom. The molecule has 0 fully saturated rings. The van der Waals surface area contributed by atoms with Crippen molar-refractivity contribution in [3.05, 3.63) is 65.5 Å². The van der Waals surface area contributed by atoms with Crippen LogP contribution in [0.25, 0.3) is 11.0 Å². The zero-order chi connectivity index (χ0) is 19.4. The van der Waals surface area contributed by atoms with E-state index in [0.717, 1.165) is 17.6 Å². The van der Waals surface area contributed by atoms with Gasteiger partial charge < -0.3 is 15.6 Å². The first-order chi connectivity index (χ1) is 12.9. The number of fused-ring (bicyclic) bond motifs is 1. The van der Waals surface area contributed by atoms with E-state index in [-0.39, 0.29) is 19.0 Å². The van der Waals surface area contributed by atoms with Crippen LogP contribution in [0, 0.1) is 0 Å². The number of benzene rings is 2. The highest BCUT2D eigenvalue weighted by atomic mass is 19.4. The summed E-state index contributed by atoms with van der Waals surface area (Å²) < 4.78 is 38.8. The first-order valence-corrected chi connectivity index (χ1v) is 8.02. The van der Waals surface area contributed by atoms with Gasteiger partial charge in [0.25, 0.3) is 11.8 Å². The predicted octanol–water partition coefficient (Wildman–Crippen LogP) is 2.74. The van der Waals surface area contributed by atoms with Gasteiger partial charge in [0.2, 0.25) is 0 Å². The summed E-state index contributed by atoms with van der Waals surface area (Å²) >= 11 is 0. The number of carbonyl (C=O) groups excluding carboxylic acids is 2. The topological polar surface area (TPSA) is 86.9 Å². The van der Waals surface area contributed by atoms with E-state index in [9.17, 15) is 22.8 Å². The van der Waals surface area contributed by atoms with Crippen molar-refractivity contribution in [3.63, 3.8) is 0 Å². The molecule has 0 atom stereocenters. The van der Waals surface area contributed by atoms with Gasteiger partial charge in [-0.15, -0.1) is 0 Å². The molecule has 1 aromatic heterocycles. The Morgan fingerprint density at radius 1 is 1.00 bits per heavy atom. The first kappa shape index (κ1) is 18.4. The summed E-state index contributed by atoms with van der Waals surface area (Å²) in [4.78, 5) is 31.1. The summed E-state index contributed by atoms with van der Waals surface area (Å²) in [5.41, 5.74) is 0.378. The summed E-state index contributed by atoms with van der Waals surface area (Å²) in [6, 6.07) is 9.47. The van der Waals surface area contributed by atoms with Crippen molar-refractivity contribution < 1.29 is 22.8 Å². The molecule has 3 N–H and O–H groups in total. The number of imidazole rings is 1. The average Bonchev–Trinajstić information content (AvgIpc) is 3.12. The molecule has 0 aliphatic heterocycles. The van der Waals surface area contributed by atoms with Crippen molar-refractivity contribution in [2.45, 2.75) is 6.18 Å². The van der Waals surface area contributed by atoms with Crippen molar-refractivity contribution >= 4 is 22.8 Å². The van der Waals surface area contributed by atoms with E-state index in [0.29, 0.717) is 11.1 Å². The average molecular weight is 376 g/mol. The molecule has 2 amide bonds. The Hall–Kier alpha value is -3.36. The number of amides is 2. The first-order valence-electron chi connectivity index (χ1n) is 8.02. The van der Waals surface area contributed by atoms with Gasteiger partial charge in [-0.2, -0.15) is 13.2 Å². The van der Waals surface area contributed by atoms with E-state index < -0.39 is 23.2 Å². The van der Waals surface area contributed by atoms with Crippen molar-refractivity contribution in [2.24, 2.45) is 0 Å². The molecular formula is C18H15F3N4O2. The minimum absolute atomic E-state index is 0.0108. The lowest BCUT2D eigenvalue weighted by Gasteiger charge is -2.13. The van der Waals surface area contributed by atoms with Gasteiger partial charge >= 0.3 is 6.18 Å². The lowest BCUT2D eigenvalue weighted by Crippen LogP contribution is -2.35. The summed E-state index contributed by atoms with van der Waals surface area (Å²) in [6.07, 6.45) is -3.10. The van der Waals surface area contributed by atoms with Crippen molar-refractivity contribution in [2.75, 3.05) is 13.1 Å². The van der Waals surface area contributed by atoms with Crippen LogP contribution in [-0.2, 0) is 6.18 Å². The third kappa shape index (κ3) is 4.25. The molecule has 2 aromatic carbocycles. The summed E-state index contributed by atoms with van der Waals surface area (Å²) in [6.45, 7) is 0.0584. The molecule has 3 aromatic rings. The van der Waals surface area contributed by atoms with Crippen LogP contribution in [0.5, 0.6) is 0 Å². The van der Waals surface area contributed by atoms with Crippen LogP contribution in [0.4, 0.5) is 13.2 Å². The molecular weight excluding hydrogens is 361 g/mol. The molecule has 27 heavy (non-hydrogen) atoms. The summed E-state index contributed by atoms with van der Waals surface area (Å²) in [7, 11) is 0. The molecule has 0 unspecified atom stereocenters. The normalized spacial score (nSPS) is 11.4. The number of H-pyrrole nitrogens is 1. The van der Waals surface area contributed by atoms with Crippen LogP contribution < -0.4 is 10.6 Å². The Kier molecular flexibility index (Phi) is 5.11. The molecule has 0 spiro atoms. The zero-order valence-corrected chi connectivity index (χ0v) is 13.9. The van der Waals surface area contributed by atoms with Crippen LogP contribution in [-0.4, -0.2) is 34.9 Å². The number of nitrogens with zero attached hydrogens (tertiary/aromatic N) is 1. The Morgan fingerprint density at radius 2 is 1.70 bits per heavy atom. The maximum absolute atomic E-state index is 12.9. The summed E-state index contributed by atoms with van der Waals surface area (Å²) in [5, 5.41) is 4.97. The van der Waals surface area contributed by atoms with E-state index in [1.165, 1.54) is 18.5 Å². The lowest BCUT2D eigenvalue weighted by molar-refractivity contribution is -0.137. The molecule has 9 heteroatoms. The highest BCUT2D eigenvalue weighted by Crippen LogP contribution is 2.31. The fourth-order valence-electron chi connectivity index (χ4n) is 2.55. The quantitative estimate of drug-likeness (QED) is 0.599. The monoisotopic (exact) mass is 376 g/mol. The smallest absolute Gasteiger partial charge is 0.350 e. The SMILES string of the molecule is O=C(NCCNC(=O)c1ccccc1C(F)(F)F)c1ccc2nc[nH]c2c1. The van der Waals surface area contributed by atoms with Crippen molar-refractivity contribution in [1.29, 1.82) is 0 Å². The second-order valence-corrected chi connectivity index (χ2v) is 5.69. The molecule has 3 rings (SSSR count). The van der Waals surface area contributed by atoms with Crippen LogP contribution in [0.2, 0.25) is 0 Å². The number of alkyl halides is 3. The molecule has 140 valence electrons. The van der Waals surface area contributed by atoms with Gasteiger partial charge in [0, 0.05) is 18.7 Å². The summed E-state index contributed by atoms with van der Waals surface area (Å²) in [5.74, 6) is -1.22. The molecule has 0 aliphatic carbocycles. The second-order valence-electron chi connectivity index (χ2n) is 5.69. The Labute approximate surface area is 151 Å². The fraction of sp³-hybridized carbons (Fsp3) is 0.167. The maximum atomic E-state index is 12.9. The van der Waals surface area contributed by atoms with Crippen molar-refractivity contribution in [1.82, 2.24) is 20.6 Å². The van der Waals surface area contributed by atoms with Gasteiger partial charge in [0.05, 0.1) is 28.5 Å². The van der Waals surface area contributed by atoms with Crippen molar-refractivity contribution in [3.8, 4) is 0 Å². The molecule has 0 saturated heterocycles. The Balaban J connectivity index is 1.54. The minimum Gasteiger partial charge on any atom is -0.350 e. The number of rotatable bonds is 5. The molecule has 1 heterocycles. The minimum atomic E-state index is -4.62. The molecule has 0 aliphatic rings. The van der Waals surface area contributed by atoms with Gasteiger partial charge in [-0.05, 0) is 30.3 Å². The van der Waals surface area contributed by atoms with Crippen LogP contribution >= 0.6 is 0 Å². The predicted molar refractivity (Wildman–Crippen MR) is 92.2 cm³/mol. The van der Waals surface area contributed by atoms with Gasteiger partial charge in [0.15, 0.2) is 0 Å². The van der Waals surface area contributed by atoms with Crippen LogP contribution in [0.3, 0.4) is 0 Å². The molecule has 6 nitrogen and oxygen atoms in total. The number of hydrogen-bond acceptors (Lipinski definition) is 3. The highest BCUT2D eigenvalue weighted by Gasteiger charge is 2.34. The van der Waals surface area contributed by atoms with E-state index >= 15 is 0 Å². The number of halogens is 3. The number of aromatic nitrogens is 2. The van der Waals surface area contributed by atoms with Gasteiger partial charge in [0.1, 0.15) is 0 Å². The van der Waals surface area contributed by atoms with Crippen LogP contribution in [0.1, 0.15) is 26.3 Å². The van der Waals surface area contributed by atoms with Gasteiger partial charge in [-0.1, -0.05) is 12.1 Å². The van der Waals surface area contributed by atoms with E-state index in [1.54, 1.807) is 18.2 Å². The second kappa shape index (κ2) is 7.48. The maximum Gasteiger partial charge on any atom is 0.417 e. The number of nitrogens with one attached hydrogen (secondary N) is 3. The van der Waals surface area contributed by atoms with Gasteiger partial charge in [-0.3, -0.25) is 9.59 Å². The standard InChI is InChI=1S/C18H15F3N4O2/c19-18(20,21)13-4-2-1-3-12(13)17(27)23-8-7-22-16(26)11-5-6-14-15(9-11)25-10-24-14/h1-6,9-10H,7-8H2,(H,22,26)(H,23,27)(H,24,25). The third-order valence-corrected chi connectivity index (χ3v) is 3.86. The highest BCUT2D eigenvalue weighted by molar-refractivity contribution is 5.97.